The summed E-state index contributed by atoms with van der Waals surface area (Å²) in [5.41, 5.74) is 6.47. The Kier molecular flexibility index (Phi) is 5.63. The Bertz CT molecular complexity index is 1210. The van der Waals surface area contributed by atoms with Gasteiger partial charge in [0.25, 0.3) is 0 Å². The third-order valence-corrected chi connectivity index (χ3v) is 5.14. The monoisotopic (exact) mass is 401 g/mol. The molecule has 0 aliphatic carbocycles. The minimum absolute atomic E-state index is 0.0603. The maximum Gasteiger partial charge on any atom is 0.126 e. The second kappa shape index (κ2) is 8.51. The van der Waals surface area contributed by atoms with E-state index < -0.39 is 0 Å². The lowest BCUT2D eigenvalue weighted by molar-refractivity contribution is 0.299. The largest absolute Gasteiger partial charge is 0.395 e. The fraction of sp³-hybridized carbons (Fsp3) is 0.160. The third-order valence-electron chi connectivity index (χ3n) is 5.14. The van der Waals surface area contributed by atoms with E-state index in [2.05, 4.69) is 30.1 Å². The van der Waals surface area contributed by atoms with Gasteiger partial charge >= 0.3 is 0 Å². The molecule has 0 radical (unpaired) electrons. The van der Waals surface area contributed by atoms with Crippen molar-refractivity contribution in [3.8, 4) is 11.1 Å². The van der Waals surface area contributed by atoms with Crippen molar-refractivity contribution in [1.82, 2.24) is 15.1 Å². The van der Waals surface area contributed by atoms with Crippen LogP contribution in [-0.4, -0.2) is 28.0 Å². The highest BCUT2D eigenvalue weighted by molar-refractivity contribution is 5.94. The molecular formula is C25H24FN3O. The topological polar surface area (TPSA) is 50.1 Å². The smallest absolute Gasteiger partial charge is 0.126 e. The SMILES string of the molecule is C=C(NCCO)c1cccc(-c2cccc3nn(Cc4ccc(F)c(C)c4)cc23)c1. The molecule has 4 nitrogen and oxygen atoms in total. The van der Waals surface area contributed by atoms with E-state index in [1.807, 2.05) is 41.2 Å². The lowest BCUT2D eigenvalue weighted by Gasteiger charge is -2.10. The highest BCUT2D eigenvalue weighted by Crippen LogP contribution is 2.30. The number of aryl methyl sites for hydroxylation is 1. The highest BCUT2D eigenvalue weighted by atomic mass is 19.1. The molecule has 0 aliphatic rings. The predicted molar refractivity (Wildman–Crippen MR) is 120 cm³/mol. The molecule has 0 saturated carbocycles. The molecule has 1 aromatic heterocycles. The summed E-state index contributed by atoms with van der Waals surface area (Å²) in [7, 11) is 0. The first-order chi connectivity index (χ1) is 14.5. The predicted octanol–water partition coefficient (Wildman–Crippen LogP) is 4.75. The summed E-state index contributed by atoms with van der Waals surface area (Å²) in [5, 5.41) is 17.9. The lowest BCUT2D eigenvalue weighted by Crippen LogP contribution is -2.15. The van der Waals surface area contributed by atoms with Gasteiger partial charge in [-0.2, -0.15) is 5.10 Å². The molecule has 0 atom stereocenters. The van der Waals surface area contributed by atoms with Crippen LogP contribution in [0.5, 0.6) is 0 Å². The number of nitrogens with zero attached hydrogens (tertiary/aromatic N) is 2. The van der Waals surface area contributed by atoms with Crippen LogP contribution in [0.3, 0.4) is 0 Å². The van der Waals surface area contributed by atoms with E-state index in [1.165, 1.54) is 6.07 Å². The molecule has 4 rings (SSSR count). The Morgan fingerprint density at radius 2 is 1.97 bits per heavy atom. The van der Waals surface area contributed by atoms with E-state index in [9.17, 15) is 4.39 Å². The summed E-state index contributed by atoms with van der Waals surface area (Å²) in [6, 6.07) is 19.4. The van der Waals surface area contributed by atoms with Crippen LogP contribution in [0, 0.1) is 12.7 Å². The number of hydrogen-bond donors (Lipinski definition) is 2. The van der Waals surface area contributed by atoms with Gasteiger partial charge in [0.15, 0.2) is 0 Å². The van der Waals surface area contributed by atoms with Crippen LogP contribution in [0.4, 0.5) is 4.39 Å². The van der Waals surface area contributed by atoms with Crippen LogP contribution in [0.25, 0.3) is 27.7 Å². The number of aliphatic hydroxyl groups is 1. The minimum atomic E-state index is -0.193. The zero-order chi connectivity index (χ0) is 21.1. The van der Waals surface area contributed by atoms with Crippen LogP contribution >= 0.6 is 0 Å². The Hall–Kier alpha value is -3.44. The number of fused-ring (bicyclic) bond motifs is 1. The van der Waals surface area contributed by atoms with Gasteiger partial charge in [-0.25, -0.2) is 4.39 Å². The Balaban J connectivity index is 1.67. The van der Waals surface area contributed by atoms with Gasteiger partial charge in [0.1, 0.15) is 5.82 Å². The maximum atomic E-state index is 13.6. The molecule has 152 valence electrons. The summed E-state index contributed by atoms with van der Waals surface area (Å²) in [5.74, 6) is -0.193. The third kappa shape index (κ3) is 4.11. The molecule has 0 amide bonds. The number of aromatic nitrogens is 2. The lowest BCUT2D eigenvalue weighted by atomic mass is 9.99. The Morgan fingerprint density at radius 3 is 2.77 bits per heavy atom. The first-order valence-corrected chi connectivity index (χ1v) is 9.91. The zero-order valence-electron chi connectivity index (χ0n) is 16.9. The van der Waals surface area contributed by atoms with Crippen molar-refractivity contribution >= 4 is 16.6 Å². The number of hydrogen-bond acceptors (Lipinski definition) is 3. The molecule has 5 heteroatoms. The van der Waals surface area contributed by atoms with Gasteiger partial charge < -0.3 is 10.4 Å². The second-order valence-electron chi connectivity index (χ2n) is 7.36. The molecule has 0 unspecified atom stereocenters. The molecule has 3 aromatic carbocycles. The molecule has 30 heavy (non-hydrogen) atoms. The van der Waals surface area contributed by atoms with Crippen LogP contribution in [0.15, 0.2) is 73.4 Å². The van der Waals surface area contributed by atoms with Crippen LogP contribution in [0.1, 0.15) is 16.7 Å². The Morgan fingerprint density at radius 1 is 1.13 bits per heavy atom. The van der Waals surface area contributed by atoms with Crippen molar-refractivity contribution < 1.29 is 9.50 Å². The molecule has 0 spiro atoms. The van der Waals surface area contributed by atoms with Crippen LogP contribution in [0.2, 0.25) is 0 Å². The van der Waals surface area contributed by atoms with Crippen molar-refractivity contribution in [3.05, 3.63) is 95.9 Å². The van der Waals surface area contributed by atoms with Gasteiger partial charge in [-0.1, -0.05) is 49.0 Å². The molecular weight excluding hydrogens is 377 g/mol. The van der Waals surface area contributed by atoms with Gasteiger partial charge in [0, 0.05) is 23.8 Å². The standard InChI is InChI=1S/C25H24FN3O/c1-17-13-19(9-10-24(17)26)15-29-16-23-22(7-4-8-25(23)28-29)21-6-3-5-20(14-21)18(2)27-11-12-30/h3-10,13-14,16,27,30H,2,11-12,15H2,1H3. The zero-order valence-corrected chi connectivity index (χ0v) is 16.9. The average molecular weight is 401 g/mol. The fourth-order valence-electron chi connectivity index (χ4n) is 3.60. The molecule has 0 aliphatic heterocycles. The van der Waals surface area contributed by atoms with Gasteiger partial charge in [-0.15, -0.1) is 0 Å². The van der Waals surface area contributed by atoms with Crippen LogP contribution in [-0.2, 0) is 6.54 Å². The maximum absolute atomic E-state index is 13.6. The van der Waals surface area contributed by atoms with Crippen molar-refractivity contribution in [2.24, 2.45) is 0 Å². The summed E-state index contributed by atoms with van der Waals surface area (Å²) in [4.78, 5) is 0. The number of aliphatic hydroxyl groups excluding tert-OH is 1. The van der Waals surface area contributed by atoms with E-state index in [4.69, 9.17) is 10.2 Å². The van der Waals surface area contributed by atoms with Gasteiger partial charge in [-0.3, -0.25) is 4.68 Å². The highest BCUT2D eigenvalue weighted by Gasteiger charge is 2.10. The van der Waals surface area contributed by atoms with Gasteiger partial charge in [-0.05, 0) is 52.9 Å². The van der Waals surface area contributed by atoms with Gasteiger partial charge in [0.05, 0.1) is 18.7 Å². The van der Waals surface area contributed by atoms with Gasteiger partial charge in [0.2, 0.25) is 0 Å². The van der Waals surface area contributed by atoms with Crippen molar-refractivity contribution in [2.75, 3.05) is 13.2 Å². The normalized spacial score (nSPS) is 11.0. The van der Waals surface area contributed by atoms with Crippen LogP contribution < -0.4 is 5.32 Å². The average Bonchev–Trinajstić information content (AvgIpc) is 3.17. The van der Waals surface area contributed by atoms with Crippen molar-refractivity contribution in [3.63, 3.8) is 0 Å². The number of halogens is 1. The van der Waals surface area contributed by atoms with E-state index in [0.29, 0.717) is 18.7 Å². The first-order valence-electron chi connectivity index (χ1n) is 9.91. The molecule has 2 N–H and O–H groups in total. The van der Waals surface area contributed by atoms with E-state index in [0.717, 1.165) is 38.9 Å². The summed E-state index contributed by atoms with van der Waals surface area (Å²) in [6.45, 7) is 6.94. The number of nitrogens with one attached hydrogen (secondary N) is 1. The van der Waals surface area contributed by atoms with E-state index in [1.54, 1.807) is 13.0 Å². The van der Waals surface area contributed by atoms with E-state index >= 15 is 0 Å². The summed E-state index contributed by atoms with van der Waals surface area (Å²) in [6.07, 6.45) is 2.04. The molecule has 1 heterocycles. The quantitative estimate of drug-likeness (QED) is 0.470. The Labute approximate surface area is 175 Å². The van der Waals surface area contributed by atoms with E-state index in [-0.39, 0.29) is 12.4 Å². The first kappa shape index (κ1) is 19.9. The fourth-order valence-corrected chi connectivity index (χ4v) is 3.60. The summed E-state index contributed by atoms with van der Waals surface area (Å²) < 4.78 is 15.5. The molecule has 0 saturated heterocycles. The molecule has 4 aromatic rings. The molecule has 0 fully saturated rings. The van der Waals surface area contributed by atoms with Crippen molar-refractivity contribution in [1.29, 1.82) is 0 Å². The number of rotatable bonds is 7. The second-order valence-corrected chi connectivity index (χ2v) is 7.36. The summed E-state index contributed by atoms with van der Waals surface area (Å²) >= 11 is 0. The van der Waals surface area contributed by atoms with Crippen molar-refractivity contribution in [2.45, 2.75) is 13.5 Å². The number of benzene rings is 3. The molecule has 0 bridgehead atoms. The minimum Gasteiger partial charge on any atom is -0.395 e.